The second kappa shape index (κ2) is 6.29. The van der Waals surface area contributed by atoms with Crippen LogP contribution in [0.3, 0.4) is 0 Å². The van der Waals surface area contributed by atoms with Gasteiger partial charge in [-0.2, -0.15) is 0 Å². The van der Waals surface area contributed by atoms with Gasteiger partial charge in [0.25, 0.3) is 0 Å². The Morgan fingerprint density at radius 1 is 1.36 bits per heavy atom. The molecular weight excluding hydrogens is 199 g/mol. The number of hydrogen-bond acceptors (Lipinski definition) is 1. The Labute approximate surface area is 80.7 Å². The van der Waals surface area contributed by atoms with E-state index in [1.54, 1.807) is 0 Å². The highest BCUT2D eigenvalue weighted by molar-refractivity contribution is 6.49. The summed E-state index contributed by atoms with van der Waals surface area (Å²) >= 11 is 11.4. The van der Waals surface area contributed by atoms with Crippen molar-refractivity contribution in [3.63, 3.8) is 0 Å². The first-order valence-electron chi connectivity index (χ1n) is 3.82. The van der Waals surface area contributed by atoms with Crippen molar-refractivity contribution in [3.05, 3.63) is 0 Å². The van der Waals surface area contributed by atoms with Gasteiger partial charge in [-0.25, -0.2) is 0 Å². The Bertz CT molecular complexity index is 98.4. The fourth-order valence-electron chi connectivity index (χ4n) is 0.824. The van der Waals surface area contributed by atoms with Crippen LogP contribution in [0, 0.1) is 0 Å². The van der Waals surface area contributed by atoms with Crippen LogP contribution in [0.2, 0.25) is 13.1 Å². The Kier molecular flexibility index (Phi) is 6.73. The molecule has 4 heteroatoms. The minimum Gasteiger partial charge on any atom is -0.412 e. The summed E-state index contributed by atoms with van der Waals surface area (Å²) in [5, 5.41) is 0. The maximum atomic E-state index is 5.72. The molecule has 0 aliphatic heterocycles. The summed E-state index contributed by atoms with van der Waals surface area (Å²) in [5.41, 5.74) is 0. The van der Waals surface area contributed by atoms with E-state index in [4.69, 9.17) is 27.6 Å². The minimum absolute atomic E-state index is 0.0345. The molecule has 1 radical (unpaired) electrons. The normalized spacial score (nSPS) is 14.5. The van der Waals surface area contributed by atoms with E-state index < -0.39 is 9.04 Å². The first kappa shape index (κ1) is 11.8. The van der Waals surface area contributed by atoms with E-state index in [1.807, 2.05) is 0 Å². The monoisotopic (exact) mass is 213 g/mol. The third-order valence-electron chi connectivity index (χ3n) is 1.24. The van der Waals surface area contributed by atoms with Crippen molar-refractivity contribution in [2.45, 2.75) is 43.8 Å². The molecule has 0 aliphatic rings. The first-order chi connectivity index (χ1) is 5.07. The zero-order chi connectivity index (χ0) is 8.85. The molecular formula is C7H15Cl2OSi. The van der Waals surface area contributed by atoms with Gasteiger partial charge in [0.2, 0.25) is 9.04 Å². The number of hydrogen-bond donors (Lipinski definition) is 0. The van der Waals surface area contributed by atoms with Crippen molar-refractivity contribution in [2.24, 2.45) is 0 Å². The van der Waals surface area contributed by atoms with Crippen molar-refractivity contribution >= 4 is 32.2 Å². The predicted molar refractivity (Wildman–Crippen MR) is 52.8 cm³/mol. The van der Waals surface area contributed by atoms with Gasteiger partial charge in [-0.05, 0) is 19.5 Å². The van der Waals surface area contributed by atoms with E-state index in [-0.39, 0.29) is 10.9 Å². The molecule has 0 rings (SSSR count). The summed E-state index contributed by atoms with van der Waals surface area (Å²) in [4.78, 5) is -0.380. The van der Waals surface area contributed by atoms with E-state index in [0.717, 1.165) is 12.8 Å². The van der Waals surface area contributed by atoms with Crippen molar-refractivity contribution in [3.8, 4) is 0 Å². The largest absolute Gasteiger partial charge is 0.412 e. The molecule has 0 fully saturated rings. The Morgan fingerprint density at radius 3 is 2.18 bits per heavy atom. The summed E-state index contributed by atoms with van der Waals surface area (Å²) in [5.74, 6) is 0. The molecule has 0 N–H and O–H groups in total. The third kappa shape index (κ3) is 5.97. The van der Waals surface area contributed by atoms with Crippen LogP contribution in [-0.4, -0.2) is 20.0 Å². The summed E-state index contributed by atoms with van der Waals surface area (Å²) in [6.07, 6.45) is 2.05. The predicted octanol–water partition coefficient (Wildman–Crippen LogP) is 3.23. The third-order valence-corrected chi connectivity index (χ3v) is 2.58. The SMILES string of the molecule is CCCC(O[Si](C)C)C(Cl)Cl. The summed E-state index contributed by atoms with van der Waals surface area (Å²) in [7, 11) is -0.669. The second-order valence-corrected chi connectivity index (χ2v) is 5.90. The van der Waals surface area contributed by atoms with Gasteiger partial charge in [0, 0.05) is 0 Å². The highest BCUT2D eigenvalue weighted by atomic mass is 35.5. The van der Waals surface area contributed by atoms with E-state index in [0.29, 0.717) is 0 Å². The van der Waals surface area contributed by atoms with Gasteiger partial charge in [0.15, 0.2) is 0 Å². The van der Waals surface area contributed by atoms with Crippen LogP contribution in [0.15, 0.2) is 0 Å². The average Bonchev–Trinajstić information content (AvgIpc) is 1.86. The molecule has 11 heavy (non-hydrogen) atoms. The minimum atomic E-state index is -0.669. The van der Waals surface area contributed by atoms with Crippen LogP contribution < -0.4 is 0 Å². The van der Waals surface area contributed by atoms with E-state index in [1.165, 1.54) is 0 Å². The molecule has 1 atom stereocenters. The fraction of sp³-hybridized carbons (Fsp3) is 1.00. The van der Waals surface area contributed by atoms with Crippen LogP contribution in [-0.2, 0) is 4.43 Å². The lowest BCUT2D eigenvalue weighted by atomic mass is 10.2. The van der Waals surface area contributed by atoms with Gasteiger partial charge in [-0.3, -0.25) is 0 Å². The van der Waals surface area contributed by atoms with Gasteiger partial charge in [-0.1, -0.05) is 13.3 Å². The molecule has 0 saturated heterocycles. The Hall–Kier alpha value is 0.757. The molecule has 0 aromatic heterocycles. The maximum absolute atomic E-state index is 5.72. The van der Waals surface area contributed by atoms with Crippen molar-refractivity contribution in [2.75, 3.05) is 0 Å². The lowest BCUT2D eigenvalue weighted by Gasteiger charge is -2.19. The highest BCUT2D eigenvalue weighted by Gasteiger charge is 2.17. The Morgan fingerprint density at radius 2 is 1.91 bits per heavy atom. The van der Waals surface area contributed by atoms with Crippen LogP contribution >= 0.6 is 23.2 Å². The quantitative estimate of drug-likeness (QED) is 0.504. The van der Waals surface area contributed by atoms with E-state index in [9.17, 15) is 0 Å². The lowest BCUT2D eigenvalue weighted by Crippen LogP contribution is -2.26. The molecule has 0 aromatic rings. The van der Waals surface area contributed by atoms with Crippen LogP contribution in [0.5, 0.6) is 0 Å². The molecule has 0 aliphatic carbocycles. The topological polar surface area (TPSA) is 9.23 Å². The van der Waals surface area contributed by atoms with Crippen LogP contribution in [0.1, 0.15) is 19.8 Å². The van der Waals surface area contributed by atoms with Gasteiger partial charge in [0.05, 0.1) is 6.10 Å². The van der Waals surface area contributed by atoms with Crippen LogP contribution in [0.4, 0.5) is 0 Å². The van der Waals surface area contributed by atoms with E-state index in [2.05, 4.69) is 20.0 Å². The van der Waals surface area contributed by atoms with Gasteiger partial charge >= 0.3 is 0 Å². The van der Waals surface area contributed by atoms with Crippen molar-refractivity contribution in [1.29, 1.82) is 0 Å². The van der Waals surface area contributed by atoms with Crippen molar-refractivity contribution in [1.82, 2.24) is 0 Å². The zero-order valence-corrected chi connectivity index (χ0v) is 9.74. The van der Waals surface area contributed by atoms with Gasteiger partial charge in [0.1, 0.15) is 4.84 Å². The smallest absolute Gasteiger partial charge is 0.205 e. The molecule has 1 nitrogen and oxygen atoms in total. The van der Waals surface area contributed by atoms with Gasteiger partial charge in [-0.15, -0.1) is 23.2 Å². The molecule has 0 aromatic carbocycles. The number of alkyl halides is 2. The van der Waals surface area contributed by atoms with Crippen LogP contribution in [0.25, 0.3) is 0 Å². The number of rotatable bonds is 5. The zero-order valence-electron chi connectivity index (χ0n) is 7.23. The molecule has 0 bridgehead atoms. The van der Waals surface area contributed by atoms with E-state index >= 15 is 0 Å². The fourth-order valence-corrected chi connectivity index (χ4v) is 2.21. The maximum Gasteiger partial charge on any atom is 0.205 e. The molecule has 0 amide bonds. The summed E-state index contributed by atoms with van der Waals surface area (Å²) in [6.45, 7) is 6.28. The first-order valence-corrected chi connectivity index (χ1v) is 7.11. The standard InChI is InChI=1S/C7H15Cl2OSi/c1-4-5-6(7(8)9)10-11(2)3/h6-7H,4-5H2,1-3H3. The Balaban J connectivity index is 3.69. The molecule has 0 heterocycles. The molecule has 0 saturated carbocycles. The molecule has 0 spiro atoms. The van der Waals surface area contributed by atoms with Gasteiger partial charge < -0.3 is 4.43 Å². The molecule has 67 valence electrons. The number of halogens is 2. The summed E-state index contributed by atoms with van der Waals surface area (Å²) in [6, 6.07) is 0. The highest BCUT2D eigenvalue weighted by Crippen LogP contribution is 2.17. The van der Waals surface area contributed by atoms with Crippen molar-refractivity contribution < 1.29 is 4.43 Å². The lowest BCUT2D eigenvalue weighted by molar-refractivity contribution is 0.207. The second-order valence-electron chi connectivity index (χ2n) is 2.69. The summed E-state index contributed by atoms with van der Waals surface area (Å²) < 4.78 is 5.59. The average molecular weight is 214 g/mol. The molecule has 1 unspecified atom stereocenters.